The van der Waals surface area contributed by atoms with E-state index in [1.54, 1.807) is 89.4 Å². The smallest absolute Gasteiger partial charge is 0.339 e. The van der Waals surface area contributed by atoms with Gasteiger partial charge in [0, 0.05) is 36.1 Å². The molecule has 0 bridgehead atoms. The van der Waals surface area contributed by atoms with Gasteiger partial charge in [-0.3, -0.25) is 5.32 Å². The maximum absolute atomic E-state index is 14.7. The van der Waals surface area contributed by atoms with Crippen molar-refractivity contribution in [2.24, 2.45) is 5.41 Å². The first-order valence-electron chi connectivity index (χ1n) is 14.1. The number of aliphatic carboxylic acids is 1. The molecule has 0 aliphatic rings. The number of thiazole rings is 1. The minimum absolute atomic E-state index is 0.0873. The number of aromatic nitrogens is 3. The van der Waals surface area contributed by atoms with E-state index in [1.165, 1.54) is 30.7 Å². The van der Waals surface area contributed by atoms with Gasteiger partial charge < -0.3 is 15.2 Å². The van der Waals surface area contributed by atoms with Crippen LogP contribution in [0, 0.1) is 5.41 Å². The van der Waals surface area contributed by atoms with Gasteiger partial charge >= 0.3 is 11.9 Å². The number of hydrogen-bond acceptors (Lipinski definition) is 11. The Morgan fingerprint density at radius 1 is 0.911 bits per heavy atom. The number of carboxylic acids is 1. The number of sulfone groups is 1. The highest BCUT2D eigenvalue weighted by Crippen LogP contribution is 2.41. The van der Waals surface area contributed by atoms with E-state index >= 15 is 0 Å². The highest BCUT2D eigenvalue weighted by molar-refractivity contribution is 7.92. The van der Waals surface area contributed by atoms with Crippen molar-refractivity contribution in [1.82, 2.24) is 20.3 Å². The molecule has 0 amide bonds. The third-order valence-electron chi connectivity index (χ3n) is 6.81. The lowest BCUT2D eigenvalue weighted by Gasteiger charge is -2.34. The van der Waals surface area contributed by atoms with Gasteiger partial charge in [-0.1, -0.05) is 57.2 Å². The normalized spacial score (nSPS) is 14.3. The monoisotopic (exact) mass is 651 g/mol. The molecule has 4 aromatic rings. The van der Waals surface area contributed by atoms with Crippen LogP contribution in [0.5, 0.6) is 0 Å². The van der Waals surface area contributed by atoms with Crippen LogP contribution >= 0.6 is 11.3 Å². The lowest BCUT2D eigenvalue weighted by Crippen LogP contribution is -2.50. The fourth-order valence-electron chi connectivity index (χ4n) is 4.72. The van der Waals surface area contributed by atoms with Crippen LogP contribution in [0.3, 0.4) is 0 Å². The molecular weight excluding hydrogens is 615 g/mol. The minimum atomic E-state index is -4.37. The lowest BCUT2D eigenvalue weighted by molar-refractivity contribution is -0.140. The first-order chi connectivity index (χ1) is 21.1. The van der Waals surface area contributed by atoms with E-state index < -0.39 is 43.7 Å². The number of carbonyl (C=O) groups is 2. The van der Waals surface area contributed by atoms with Gasteiger partial charge in [0.05, 0.1) is 5.56 Å². The number of anilines is 1. The van der Waals surface area contributed by atoms with Crippen LogP contribution in [0.4, 0.5) is 5.82 Å². The van der Waals surface area contributed by atoms with Crippen molar-refractivity contribution in [2.45, 2.75) is 69.6 Å². The Hall–Kier alpha value is -4.20. The molecule has 0 spiro atoms. The summed E-state index contributed by atoms with van der Waals surface area (Å²) in [6, 6.07) is 13.5. The zero-order valence-corrected chi connectivity index (χ0v) is 27.6. The van der Waals surface area contributed by atoms with Crippen LogP contribution in [0.2, 0.25) is 0 Å². The molecule has 1 aromatic carbocycles. The molecule has 0 fully saturated rings. The van der Waals surface area contributed by atoms with Crippen LogP contribution in [-0.4, -0.2) is 52.1 Å². The Labute approximate surface area is 267 Å². The Kier molecular flexibility index (Phi) is 9.76. The Balaban J connectivity index is 1.96. The second kappa shape index (κ2) is 13.0. The van der Waals surface area contributed by atoms with Crippen LogP contribution in [0.1, 0.15) is 68.0 Å². The summed E-state index contributed by atoms with van der Waals surface area (Å²) >= 11 is 1.14. The molecule has 0 aliphatic heterocycles. The number of nitrogens with one attached hydrogen (secondary N) is 2. The number of pyridine rings is 2. The molecule has 3 N–H and O–H groups in total. The average Bonchev–Trinajstić information content (AvgIpc) is 3.51. The number of carbonyl (C=O) groups excluding carboxylic acids is 1. The summed E-state index contributed by atoms with van der Waals surface area (Å²) in [4.78, 5) is 36.9. The second-order valence-electron chi connectivity index (χ2n) is 12.4. The molecule has 3 heterocycles. The third-order valence-corrected chi connectivity index (χ3v) is 10.0. The SMILES string of the molecule is CC(C)(C)OC(=O)c1ccnc(NC(C(=O)O)C(C)(C)C)c1CNC(c1ccccc1)(c1nccs1)S(=O)(=O)c1ccccn1. The standard InChI is InChI=1S/C32H37N5O6S2/c1-30(2,3)25(27(38)39)37-26-23(22(15-17-34-26)28(40)43-31(4,5)6)20-36-32(29-35-18-19-44-29,21-12-8-7-9-13-21)45(41,42)24-14-10-11-16-33-24/h7-19,25,36H,20H2,1-6H3,(H,34,37)(H,38,39). The maximum atomic E-state index is 14.7. The Bertz CT molecular complexity index is 1740. The fourth-order valence-corrected chi connectivity index (χ4v) is 7.68. The molecule has 45 heavy (non-hydrogen) atoms. The highest BCUT2D eigenvalue weighted by Gasteiger charge is 2.51. The molecule has 0 aliphatic carbocycles. The van der Waals surface area contributed by atoms with Gasteiger partial charge in [-0.05, 0) is 49.9 Å². The van der Waals surface area contributed by atoms with Gasteiger partial charge in [0.25, 0.3) is 0 Å². The van der Waals surface area contributed by atoms with Gasteiger partial charge in [0.2, 0.25) is 14.7 Å². The lowest BCUT2D eigenvalue weighted by atomic mass is 9.86. The van der Waals surface area contributed by atoms with E-state index in [1.807, 2.05) is 0 Å². The topological polar surface area (TPSA) is 160 Å². The van der Waals surface area contributed by atoms with Crippen molar-refractivity contribution in [2.75, 3.05) is 5.32 Å². The van der Waals surface area contributed by atoms with Crippen LogP contribution in [0.25, 0.3) is 0 Å². The number of benzene rings is 1. The summed E-state index contributed by atoms with van der Waals surface area (Å²) in [5, 5.41) is 18.0. The van der Waals surface area contributed by atoms with Crippen molar-refractivity contribution < 1.29 is 27.9 Å². The van der Waals surface area contributed by atoms with Gasteiger partial charge in [0.15, 0.2) is 5.03 Å². The van der Waals surface area contributed by atoms with Crippen molar-refractivity contribution in [1.29, 1.82) is 0 Å². The highest BCUT2D eigenvalue weighted by atomic mass is 32.2. The van der Waals surface area contributed by atoms with Gasteiger partial charge in [-0.15, -0.1) is 11.3 Å². The zero-order valence-electron chi connectivity index (χ0n) is 25.9. The number of nitrogens with zero attached hydrogens (tertiary/aromatic N) is 3. The Morgan fingerprint density at radius 3 is 2.16 bits per heavy atom. The van der Waals surface area contributed by atoms with Gasteiger partial charge in [0.1, 0.15) is 22.5 Å². The molecule has 4 rings (SSSR count). The van der Waals surface area contributed by atoms with E-state index in [4.69, 9.17) is 4.74 Å². The van der Waals surface area contributed by atoms with Crippen molar-refractivity contribution in [3.8, 4) is 0 Å². The van der Waals surface area contributed by atoms with Crippen molar-refractivity contribution in [3.63, 3.8) is 0 Å². The third kappa shape index (κ3) is 7.21. The molecular formula is C32H37N5O6S2. The molecule has 3 aromatic heterocycles. The summed E-state index contributed by atoms with van der Waals surface area (Å²) in [6.45, 7) is 10.2. The number of carboxylic acid groups (broad SMARTS) is 1. The van der Waals surface area contributed by atoms with E-state index in [0.717, 1.165) is 11.3 Å². The quantitative estimate of drug-likeness (QED) is 0.181. The maximum Gasteiger partial charge on any atom is 0.339 e. The number of hydrogen-bond donors (Lipinski definition) is 3. The molecule has 2 atom stereocenters. The fraction of sp³-hybridized carbons (Fsp3) is 0.344. The number of esters is 1. The first-order valence-corrected chi connectivity index (χ1v) is 16.5. The summed E-state index contributed by atoms with van der Waals surface area (Å²) < 4.78 is 35.1. The molecule has 0 saturated carbocycles. The van der Waals surface area contributed by atoms with Gasteiger partial charge in [-0.2, -0.15) is 0 Å². The van der Waals surface area contributed by atoms with E-state index in [0.29, 0.717) is 5.56 Å². The summed E-state index contributed by atoms with van der Waals surface area (Å²) in [7, 11) is -4.37. The molecule has 0 saturated heterocycles. The molecule has 11 nitrogen and oxygen atoms in total. The van der Waals surface area contributed by atoms with E-state index in [9.17, 15) is 23.1 Å². The summed E-state index contributed by atoms with van der Waals surface area (Å²) in [5.74, 6) is -1.71. The predicted octanol–water partition coefficient (Wildman–Crippen LogP) is 5.26. The average molecular weight is 652 g/mol. The van der Waals surface area contributed by atoms with Crippen LogP contribution in [0.15, 0.2) is 83.6 Å². The van der Waals surface area contributed by atoms with E-state index in [2.05, 4.69) is 25.6 Å². The largest absolute Gasteiger partial charge is 0.480 e. The second-order valence-corrected chi connectivity index (χ2v) is 15.3. The van der Waals surface area contributed by atoms with Crippen LogP contribution < -0.4 is 10.6 Å². The number of ether oxygens (including phenoxy) is 1. The molecule has 2 unspecified atom stereocenters. The summed E-state index contributed by atoms with van der Waals surface area (Å²) in [6.07, 6.45) is 4.28. The number of rotatable bonds is 11. The van der Waals surface area contributed by atoms with Gasteiger partial charge in [-0.25, -0.2) is 33.0 Å². The van der Waals surface area contributed by atoms with Crippen LogP contribution in [-0.2, 0) is 30.8 Å². The van der Waals surface area contributed by atoms with E-state index in [-0.39, 0.29) is 33.5 Å². The first kappa shape index (κ1) is 33.7. The molecule has 13 heteroatoms. The molecule has 0 radical (unpaired) electrons. The van der Waals surface area contributed by atoms with Crippen molar-refractivity contribution in [3.05, 3.63) is 100 Å². The minimum Gasteiger partial charge on any atom is -0.480 e. The molecule has 238 valence electrons. The predicted molar refractivity (Wildman–Crippen MR) is 172 cm³/mol. The van der Waals surface area contributed by atoms with Crippen molar-refractivity contribution >= 4 is 38.9 Å². The zero-order chi connectivity index (χ0) is 33.0. The Morgan fingerprint density at radius 2 is 1.60 bits per heavy atom. The summed E-state index contributed by atoms with van der Waals surface area (Å²) in [5.41, 5.74) is -0.928.